The Balaban J connectivity index is 1.64. The molecule has 3 rings (SSSR count). The Bertz CT molecular complexity index is 927. The maximum Gasteiger partial charge on any atom is 0.307 e. The van der Waals surface area contributed by atoms with Crippen LogP contribution in [0, 0.1) is 0 Å². The van der Waals surface area contributed by atoms with E-state index in [1.54, 1.807) is 13.0 Å². The Kier molecular flexibility index (Phi) is 7.43. The molecule has 29 heavy (non-hydrogen) atoms. The highest BCUT2D eigenvalue weighted by Gasteiger charge is 2.32. The second-order valence-corrected chi connectivity index (χ2v) is 7.91. The van der Waals surface area contributed by atoms with Crippen LogP contribution in [-0.2, 0) is 20.9 Å². The molecule has 1 aliphatic heterocycles. The number of amides is 1. The minimum Gasteiger partial charge on any atom is -0.489 e. The number of ether oxygens (including phenoxy) is 2. The molecule has 0 aromatic heterocycles. The lowest BCUT2D eigenvalue weighted by Gasteiger charge is -2.13. The van der Waals surface area contributed by atoms with Gasteiger partial charge in [0.1, 0.15) is 16.7 Å². The van der Waals surface area contributed by atoms with Crippen LogP contribution in [0.3, 0.4) is 0 Å². The van der Waals surface area contributed by atoms with Gasteiger partial charge < -0.3 is 9.47 Å². The van der Waals surface area contributed by atoms with Gasteiger partial charge in [0.2, 0.25) is 0 Å². The van der Waals surface area contributed by atoms with Crippen LogP contribution in [0.4, 0.5) is 0 Å². The van der Waals surface area contributed by atoms with Crippen molar-refractivity contribution in [2.24, 2.45) is 0 Å². The van der Waals surface area contributed by atoms with E-state index in [1.165, 1.54) is 16.7 Å². The first-order valence-electron chi connectivity index (χ1n) is 9.24. The minimum absolute atomic E-state index is 0.121. The summed E-state index contributed by atoms with van der Waals surface area (Å²) in [6.07, 6.45) is 1.91. The van der Waals surface area contributed by atoms with Gasteiger partial charge in [0.15, 0.2) is 0 Å². The van der Waals surface area contributed by atoms with E-state index in [0.29, 0.717) is 22.4 Å². The number of carbonyl (C=O) groups is 2. The molecule has 1 saturated heterocycles. The number of thiocarbonyl (C=S) groups is 1. The van der Waals surface area contributed by atoms with Gasteiger partial charge in [0.25, 0.3) is 5.91 Å². The molecule has 2 aromatic carbocycles. The molecule has 1 aliphatic rings. The number of esters is 1. The Morgan fingerprint density at radius 1 is 1.17 bits per heavy atom. The summed E-state index contributed by atoms with van der Waals surface area (Å²) < 4.78 is 11.2. The smallest absolute Gasteiger partial charge is 0.307 e. The largest absolute Gasteiger partial charge is 0.489 e. The Labute approximate surface area is 179 Å². The zero-order valence-electron chi connectivity index (χ0n) is 16.0. The molecule has 0 N–H and O–H groups in total. The average Bonchev–Trinajstić information content (AvgIpc) is 2.99. The molecule has 1 amide bonds. The van der Waals surface area contributed by atoms with Gasteiger partial charge in [-0.15, -0.1) is 0 Å². The number of nitrogens with zero attached hydrogens (tertiary/aromatic N) is 1. The van der Waals surface area contributed by atoms with Crippen molar-refractivity contribution in [3.8, 4) is 5.75 Å². The summed E-state index contributed by atoms with van der Waals surface area (Å²) in [4.78, 5) is 26.2. The third-order valence-corrected chi connectivity index (χ3v) is 5.50. The molecule has 0 aliphatic carbocycles. The Hall–Kier alpha value is -2.64. The van der Waals surface area contributed by atoms with E-state index in [9.17, 15) is 9.59 Å². The Morgan fingerprint density at radius 2 is 1.97 bits per heavy atom. The highest BCUT2D eigenvalue weighted by molar-refractivity contribution is 8.26. The van der Waals surface area contributed by atoms with Crippen LogP contribution in [0.5, 0.6) is 5.75 Å². The second-order valence-electron chi connectivity index (χ2n) is 6.24. The summed E-state index contributed by atoms with van der Waals surface area (Å²) in [6, 6.07) is 17.5. The van der Waals surface area contributed by atoms with Gasteiger partial charge in [0, 0.05) is 6.54 Å². The monoisotopic (exact) mass is 427 g/mol. The molecule has 1 fully saturated rings. The quantitative estimate of drug-likeness (QED) is 0.353. The molecule has 1 heterocycles. The van der Waals surface area contributed by atoms with Gasteiger partial charge >= 0.3 is 5.97 Å². The second kappa shape index (κ2) is 10.2. The Morgan fingerprint density at radius 3 is 2.72 bits per heavy atom. The molecule has 2 aromatic rings. The van der Waals surface area contributed by atoms with Crippen molar-refractivity contribution in [2.75, 3.05) is 13.2 Å². The minimum atomic E-state index is -0.339. The lowest BCUT2D eigenvalue weighted by Crippen LogP contribution is -2.30. The predicted octanol–water partition coefficient (Wildman–Crippen LogP) is 4.42. The molecule has 7 heteroatoms. The topological polar surface area (TPSA) is 55.8 Å². The maximum atomic E-state index is 12.7. The average molecular weight is 428 g/mol. The van der Waals surface area contributed by atoms with Crippen molar-refractivity contribution in [3.63, 3.8) is 0 Å². The summed E-state index contributed by atoms with van der Waals surface area (Å²) in [6.45, 7) is 2.76. The van der Waals surface area contributed by atoms with Crippen molar-refractivity contribution in [2.45, 2.75) is 20.0 Å². The van der Waals surface area contributed by atoms with E-state index >= 15 is 0 Å². The lowest BCUT2D eigenvalue weighted by atomic mass is 10.2. The van der Waals surface area contributed by atoms with E-state index in [1.807, 2.05) is 54.6 Å². The number of hydrogen-bond donors (Lipinski definition) is 0. The van der Waals surface area contributed by atoms with Crippen LogP contribution in [0.25, 0.3) is 6.08 Å². The normalized spacial score (nSPS) is 15.1. The van der Waals surface area contributed by atoms with E-state index in [-0.39, 0.29) is 24.8 Å². The molecule has 0 radical (unpaired) electrons. The number of carbonyl (C=O) groups excluding carboxylic acids is 2. The van der Waals surface area contributed by atoms with Crippen molar-refractivity contribution in [3.05, 3.63) is 70.6 Å². The van der Waals surface area contributed by atoms with Gasteiger partial charge in [-0.25, -0.2) is 0 Å². The molecule has 0 saturated carbocycles. The first-order valence-corrected chi connectivity index (χ1v) is 10.5. The van der Waals surface area contributed by atoms with E-state index in [2.05, 4.69) is 0 Å². The number of thioether (sulfide) groups is 1. The van der Waals surface area contributed by atoms with Crippen molar-refractivity contribution < 1.29 is 19.1 Å². The van der Waals surface area contributed by atoms with E-state index < -0.39 is 0 Å². The molecule has 0 bridgehead atoms. The number of hydrogen-bond acceptors (Lipinski definition) is 6. The first kappa shape index (κ1) is 21.1. The number of rotatable bonds is 8. The summed E-state index contributed by atoms with van der Waals surface area (Å²) in [7, 11) is 0. The van der Waals surface area contributed by atoms with Gasteiger partial charge in [-0.2, -0.15) is 0 Å². The van der Waals surface area contributed by atoms with Crippen LogP contribution in [0.15, 0.2) is 59.5 Å². The van der Waals surface area contributed by atoms with Gasteiger partial charge in [0.05, 0.1) is 17.9 Å². The predicted molar refractivity (Wildman–Crippen MR) is 118 cm³/mol. The molecular weight excluding hydrogens is 406 g/mol. The van der Waals surface area contributed by atoms with Gasteiger partial charge in [-0.3, -0.25) is 14.5 Å². The fraction of sp³-hybridized carbons (Fsp3) is 0.227. The lowest BCUT2D eigenvalue weighted by molar-refractivity contribution is -0.143. The third-order valence-electron chi connectivity index (χ3n) is 4.12. The zero-order chi connectivity index (χ0) is 20.6. The SMILES string of the molecule is CCOC(=O)CCN1C(=O)/C(=C\c2cccc(OCc3ccccc3)c2)SC1=S. The van der Waals surface area contributed by atoms with Crippen LogP contribution in [-0.4, -0.2) is 34.2 Å². The summed E-state index contributed by atoms with van der Waals surface area (Å²) >= 11 is 6.53. The molecule has 0 atom stereocenters. The summed E-state index contributed by atoms with van der Waals surface area (Å²) in [5.74, 6) is 0.189. The van der Waals surface area contributed by atoms with Crippen molar-refractivity contribution in [1.82, 2.24) is 4.90 Å². The summed E-state index contributed by atoms with van der Waals surface area (Å²) in [5, 5.41) is 0. The highest BCUT2D eigenvalue weighted by Crippen LogP contribution is 2.33. The van der Waals surface area contributed by atoms with Crippen LogP contribution < -0.4 is 4.74 Å². The van der Waals surface area contributed by atoms with E-state index in [4.69, 9.17) is 21.7 Å². The third kappa shape index (κ3) is 5.92. The van der Waals surface area contributed by atoms with Crippen LogP contribution in [0.2, 0.25) is 0 Å². The highest BCUT2D eigenvalue weighted by atomic mass is 32.2. The molecule has 5 nitrogen and oxygen atoms in total. The fourth-order valence-corrected chi connectivity index (χ4v) is 4.02. The van der Waals surface area contributed by atoms with Crippen LogP contribution >= 0.6 is 24.0 Å². The van der Waals surface area contributed by atoms with Crippen molar-refractivity contribution in [1.29, 1.82) is 0 Å². The standard InChI is InChI=1S/C22H21NO4S2/c1-2-26-20(24)11-12-23-21(25)19(29-22(23)28)14-17-9-6-10-18(13-17)27-15-16-7-4-3-5-8-16/h3-10,13-14H,2,11-12,15H2,1H3/b19-14+. The summed E-state index contributed by atoms with van der Waals surface area (Å²) in [5.41, 5.74) is 1.93. The number of benzene rings is 2. The molecule has 0 spiro atoms. The zero-order valence-corrected chi connectivity index (χ0v) is 17.6. The molecule has 0 unspecified atom stereocenters. The van der Waals surface area contributed by atoms with Gasteiger partial charge in [-0.05, 0) is 36.3 Å². The first-order chi connectivity index (χ1) is 14.1. The van der Waals surface area contributed by atoms with Crippen molar-refractivity contribution >= 4 is 46.3 Å². The maximum absolute atomic E-state index is 12.7. The van der Waals surface area contributed by atoms with Crippen LogP contribution in [0.1, 0.15) is 24.5 Å². The molecule has 150 valence electrons. The van der Waals surface area contributed by atoms with E-state index in [0.717, 1.165) is 16.9 Å². The fourth-order valence-electron chi connectivity index (χ4n) is 2.72. The molecular formula is C22H21NO4S2. The van der Waals surface area contributed by atoms with Gasteiger partial charge in [-0.1, -0.05) is 66.4 Å².